The topological polar surface area (TPSA) is 71.4 Å². The molecule has 0 aliphatic carbocycles. The van der Waals surface area contributed by atoms with Gasteiger partial charge >= 0.3 is 0 Å². The van der Waals surface area contributed by atoms with Crippen molar-refractivity contribution in [3.8, 4) is 0 Å². The van der Waals surface area contributed by atoms with E-state index < -0.39 is 0 Å². The van der Waals surface area contributed by atoms with Gasteiger partial charge < -0.3 is 24.8 Å². The van der Waals surface area contributed by atoms with E-state index in [1.165, 1.54) is 24.1 Å². The Bertz CT molecular complexity index is 1190. The highest BCUT2D eigenvalue weighted by Crippen LogP contribution is 2.43. The number of aromatic nitrogens is 2. The van der Waals surface area contributed by atoms with Crippen LogP contribution in [0.15, 0.2) is 48.7 Å². The number of nitrogens with zero attached hydrogens (tertiary/aromatic N) is 3. The van der Waals surface area contributed by atoms with Crippen LogP contribution in [0.1, 0.15) is 40.3 Å². The Kier molecular flexibility index (Phi) is 6.49. The number of rotatable bonds is 6. The summed E-state index contributed by atoms with van der Waals surface area (Å²) in [6.45, 7) is 6.24. The molecule has 7 nitrogen and oxygen atoms in total. The molecule has 2 N–H and O–H groups in total. The summed E-state index contributed by atoms with van der Waals surface area (Å²) in [7, 11) is 3.58. The van der Waals surface area contributed by atoms with Crippen molar-refractivity contribution in [3.63, 3.8) is 0 Å². The highest BCUT2D eigenvalue weighted by atomic mass is 32.1. The second kappa shape index (κ2) is 9.33. The molecule has 1 aliphatic rings. The number of nitrogens with one attached hydrogen (secondary N) is 2. The monoisotopic (exact) mass is 463 g/mol. The summed E-state index contributed by atoms with van der Waals surface area (Å²) in [5, 5.41) is 7.04. The fourth-order valence-electron chi connectivity index (χ4n) is 4.39. The molecular formula is C25H29N5O2S. The van der Waals surface area contributed by atoms with E-state index in [1.807, 2.05) is 43.5 Å². The Labute approximate surface area is 199 Å². The molecular weight excluding hydrogens is 434 g/mol. The fraction of sp³-hybridized carbons (Fsp3) is 0.320. The molecule has 1 aliphatic heterocycles. The summed E-state index contributed by atoms with van der Waals surface area (Å²) in [4.78, 5) is 18.8. The van der Waals surface area contributed by atoms with E-state index in [1.54, 1.807) is 0 Å². The zero-order valence-electron chi connectivity index (χ0n) is 19.5. The molecule has 0 saturated carbocycles. The van der Waals surface area contributed by atoms with Gasteiger partial charge in [-0.2, -0.15) is 0 Å². The highest BCUT2D eigenvalue weighted by molar-refractivity contribution is 7.80. The van der Waals surface area contributed by atoms with Crippen LogP contribution in [0.4, 0.5) is 11.4 Å². The summed E-state index contributed by atoms with van der Waals surface area (Å²) >= 11 is 5.83. The summed E-state index contributed by atoms with van der Waals surface area (Å²) in [5.74, 6) is -0.185. The quantitative estimate of drug-likeness (QED) is 0.536. The van der Waals surface area contributed by atoms with Crippen LogP contribution in [0.2, 0.25) is 0 Å². The molecule has 172 valence electrons. The lowest BCUT2D eigenvalue weighted by Gasteiger charge is -2.28. The average molecular weight is 464 g/mol. The molecule has 2 aromatic heterocycles. The maximum absolute atomic E-state index is 12.0. The van der Waals surface area contributed by atoms with E-state index in [2.05, 4.69) is 58.1 Å². The van der Waals surface area contributed by atoms with Crippen molar-refractivity contribution in [1.82, 2.24) is 14.9 Å². The van der Waals surface area contributed by atoms with Gasteiger partial charge in [-0.1, -0.05) is 6.07 Å². The molecule has 3 aromatic rings. The maximum Gasteiger partial charge on any atom is 0.250 e. The van der Waals surface area contributed by atoms with Crippen LogP contribution in [-0.4, -0.2) is 34.3 Å². The van der Waals surface area contributed by atoms with Gasteiger partial charge in [-0.05, 0) is 80.5 Å². The van der Waals surface area contributed by atoms with Gasteiger partial charge in [-0.3, -0.25) is 9.78 Å². The van der Waals surface area contributed by atoms with E-state index in [0.717, 1.165) is 22.6 Å². The van der Waals surface area contributed by atoms with E-state index in [9.17, 15) is 4.79 Å². The summed E-state index contributed by atoms with van der Waals surface area (Å²) in [6, 6.07) is 14.0. The fourth-order valence-corrected chi connectivity index (χ4v) is 4.73. The zero-order valence-corrected chi connectivity index (χ0v) is 20.4. The molecule has 4 rings (SSSR count). The first kappa shape index (κ1) is 22.9. The van der Waals surface area contributed by atoms with Gasteiger partial charge in [0.1, 0.15) is 6.61 Å². The van der Waals surface area contributed by atoms with Crippen molar-refractivity contribution in [2.24, 2.45) is 7.05 Å². The minimum atomic E-state index is -0.185. The third kappa shape index (κ3) is 4.36. The number of carbonyl (C=O) groups is 1. The Morgan fingerprint density at radius 3 is 2.61 bits per heavy atom. The second-order valence-corrected chi connectivity index (χ2v) is 8.75. The van der Waals surface area contributed by atoms with Crippen molar-refractivity contribution in [2.75, 3.05) is 23.9 Å². The average Bonchev–Trinajstić information content (AvgIpc) is 3.27. The molecule has 0 radical (unpaired) electrons. The number of amides is 1. The van der Waals surface area contributed by atoms with Gasteiger partial charge in [0.25, 0.3) is 0 Å². The van der Waals surface area contributed by atoms with E-state index in [-0.39, 0.29) is 24.6 Å². The van der Waals surface area contributed by atoms with Gasteiger partial charge in [0, 0.05) is 43.1 Å². The number of anilines is 2. The number of hydrogen-bond donors (Lipinski definition) is 2. The van der Waals surface area contributed by atoms with Crippen molar-refractivity contribution >= 4 is 34.6 Å². The van der Waals surface area contributed by atoms with Gasteiger partial charge in [-0.15, -0.1) is 0 Å². The van der Waals surface area contributed by atoms with Gasteiger partial charge in [-0.25, -0.2) is 0 Å². The van der Waals surface area contributed by atoms with Crippen LogP contribution in [0, 0.1) is 20.8 Å². The number of hydrogen-bond acceptors (Lipinski definition) is 4. The second-order valence-electron chi connectivity index (χ2n) is 8.36. The van der Waals surface area contributed by atoms with Gasteiger partial charge in [0.15, 0.2) is 5.11 Å². The molecule has 2 atom stereocenters. The number of thiocarbonyl (C=S) groups is 1. The van der Waals surface area contributed by atoms with E-state index >= 15 is 0 Å². The first-order valence-corrected chi connectivity index (χ1v) is 11.3. The molecule has 1 aromatic carbocycles. The van der Waals surface area contributed by atoms with Crippen molar-refractivity contribution < 1.29 is 9.53 Å². The van der Waals surface area contributed by atoms with Crippen LogP contribution in [0.25, 0.3) is 0 Å². The normalized spacial score (nSPS) is 17.8. The predicted octanol–water partition coefficient (Wildman–Crippen LogP) is 4.11. The lowest BCUT2D eigenvalue weighted by Crippen LogP contribution is -2.29. The Morgan fingerprint density at radius 2 is 2.00 bits per heavy atom. The number of carbonyl (C=O) groups excluding carboxylic acids is 1. The van der Waals surface area contributed by atoms with Crippen LogP contribution in [-0.2, 0) is 16.6 Å². The number of methoxy groups -OCH3 is 1. The first-order chi connectivity index (χ1) is 15.8. The van der Waals surface area contributed by atoms with Crippen LogP contribution in [0.3, 0.4) is 0 Å². The highest BCUT2D eigenvalue weighted by Gasteiger charge is 2.42. The molecule has 1 saturated heterocycles. The largest absolute Gasteiger partial charge is 0.375 e. The van der Waals surface area contributed by atoms with Crippen molar-refractivity contribution in [3.05, 3.63) is 76.9 Å². The molecule has 1 fully saturated rings. The summed E-state index contributed by atoms with van der Waals surface area (Å²) in [5.41, 5.74) is 7.17. The number of aryl methyl sites for hydroxylation is 2. The lowest BCUT2D eigenvalue weighted by atomic mass is 9.96. The standard InChI is InChI=1S/C25H29N5O2S/c1-15-12-18(9-10-20(15)27-22(31)14-32-5)30-24(19-13-16(2)29(4)17(19)3)23(28-25(30)33)21-8-6-7-11-26-21/h6-13,23-24H,14H2,1-5H3,(H,27,31)(H,28,33)/t23-,24+/m1/s1. The smallest absolute Gasteiger partial charge is 0.250 e. The lowest BCUT2D eigenvalue weighted by molar-refractivity contribution is -0.119. The molecule has 0 unspecified atom stereocenters. The minimum Gasteiger partial charge on any atom is -0.375 e. The first-order valence-electron chi connectivity index (χ1n) is 10.8. The SMILES string of the molecule is COCC(=O)Nc1ccc(N2C(=S)N[C@H](c3ccccn3)[C@@H]2c2cc(C)n(C)c2C)cc1C. The Balaban J connectivity index is 1.77. The number of benzene rings is 1. The third-order valence-corrected chi connectivity index (χ3v) is 6.58. The van der Waals surface area contributed by atoms with E-state index in [0.29, 0.717) is 5.11 Å². The summed E-state index contributed by atoms with van der Waals surface area (Å²) < 4.78 is 7.12. The summed E-state index contributed by atoms with van der Waals surface area (Å²) in [6.07, 6.45) is 1.81. The molecule has 8 heteroatoms. The Morgan fingerprint density at radius 1 is 1.21 bits per heavy atom. The van der Waals surface area contributed by atoms with Gasteiger partial charge in [0.05, 0.1) is 17.8 Å². The third-order valence-electron chi connectivity index (χ3n) is 6.27. The van der Waals surface area contributed by atoms with Crippen LogP contribution >= 0.6 is 12.2 Å². The molecule has 1 amide bonds. The molecule has 0 spiro atoms. The zero-order chi connectivity index (χ0) is 23.7. The van der Waals surface area contributed by atoms with Crippen LogP contribution in [0.5, 0.6) is 0 Å². The molecule has 0 bridgehead atoms. The van der Waals surface area contributed by atoms with Gasteiger partial charge in [0.2, 0.25) is 5.91 Å². The van der Waals surface area contributed by atoms with Crippen molar-refractivity contribution in [1.29, 1.82) is 0 Å². The molecule has 3 heterocycles. The number of pyridine rings is 1. The van der Waals surface area contributed by atoms with Crippen LogP contribution < -0.4 is 15.5 Å². The Hall–Kier alpha value is -3.23. The maximum atomic E-state index is 12.0. The predicted molar refractivity (Wildman–Crippen MR) is 135 cm³/mol. The van der Waals surface area contributed by atoms with Crippen molar-refractivity contribution in [2.45, 2.75) is 32.9 Å². The number of ether oxygens (including phenoxy) is 1. The minimum absolute atomic E-state index is 0.0157. The molecule has 33 heavy (non-hydrogen) atoms. The van der Waals surface area contributed by atoms with E-state index in [4.69, 9.17) is 17.0 Å².